The van der Waals surface area contributed by atoms with Gasteiger partial charge in [0.05, 0.1) is 0 Å². The highest BCUT2D eigenvalue weighted by Gasteiger charge is 2.27. The van der Waals surface area contributed by atoms with Crippen molar-refractivity contribution in [2.45, 2.75) is 37.6 Å². The predicted octanol–water partition coefficient (Wildman–Crippen LogP) is 1.56. The van der Waals surface area contributed by atoms with Crippen molar-refractivity contribution in [1.29, 1.82) is 0 Å². The highest BCUT2D eigenvalue weighted by molar-refractivity contribution is 6.30. The minimum absolute atomic E-state index is 0.0162. The van der Waals surface area contributed by atoms with Gasteiger partial charge in [-0.3, -0.25) is 14.8 Å². The first-order chi connectivity index (χ1) is 11.0. The van der Waals surface area contributed by atoms with Crippen molar-refractivity contribution in [2.75, 3.05) is 6.54 Å². The molecule has 0 aromatic heterocycles. The maximum atomic E-state index is 12.1. The third kappa shape index (κ3) is 4.92. The van der Waals surface area contributed by atoms with Gasteiger partial charge in [-0.05, 0) is 49.3 Å². The molecule has 0 heterocycles. The first kappa shape index (κ1) is 17.7. The first-order valence-corrected chi connectivity index (χ1v) is 8.11. The number of carbonyl (C=O) groups is 2. The average Bonchev–Trinajstić information content (AvgIpc) is 2.59. The summed E-state index contributed by atoms with van der Waals surface area (Å²) in [4.78, 5) is 23.2. The fraction of sp³-hybridized carbons (Fsp3) is 0.500. The number of nitrogens with two attached hydrogens (primary N) is 1. The van der Waals surface area contributed by atoms with Crippen LogP contribution in [0, 0.1) is 5.92 Å². The lowest BCUT2D eigenvalue weighted by atomic mass is 9.78. The maximum absolute atomic E-state index is 12.1. The van der Waals surface area contributed by atoms with E-state index < -0.39 is 11.9 Å². The lowest BCUT2D eigenvalue weighted by Crippen LogP contribution is -2.48. The van der Waals surface area contributed by atoms with E-state index in [1.54, 1.807) is 0 Å². The Morgan fingerprint density at radius 1 is 1.22 bits per heavy atom. The summed E-state index contributed by atoms with van der Waals surface area (Å²) in [5, 5.41) is 11.9. The highest BCUT2D eigenvalue weighted by atomic mass is 35.5. The van der Waals surface area contributed by atoms with Crippen LogP contribution in [0.1, 0.15) is 37.2 Å². The summed E-state index contributed by atoms with van der Waals surface area (Å²) in [7, 11) is 0. The van der Waals surface area contributed by atoms with Gasteiger partial charge >= 0.3 is 0 Å². The lowest BCUT2D eigenvalue weighted by molar-refractivity contribution is -0.131. The number of hydrogen-bond acceptors (Lipinski definition) is 4. The molecule has 1 aromatic carbocycles. The monoisotopic (exact) mass is 339 g/mol. The maximum Gasteiger partial charge on any atom is 0.262 e. The van der Waals surface area contributed by atoms with Crippen LogP contribution in [0.3, 0.4) is 0 Å². The molecule has 6 nitrogen and oxygen atoms in total. The van der Waals surface area contributed by atoms with E-state index in [4.69, 9.17) is 22.5 Å². The van der Waals surface area contributed by atoms with E-state index in [1.807, 2.05) is 24.3 Å². The van der Waals surface area contributed by atoms with E-state index in [0.717, 1.165) is 30.7 Å². The quantitative estimate of drug-likeness (QED) is 0.482. The third-order valence-electron chi connectivity index (χ3n) is 4.38. The van der Waals surface area contributed by atoms with Crippen LogP contribution < -0.4 is 16.5 Å². The molecule has 0 saturated heterocycles. The van der Waals surface area contributed by atoms with Crippen LogP contribution in [0.4, 0.5) is 0 Å². The second-order valence-electron chi connectivity index (χ2n) is 5.93. The van der Waals surface area contributed by atoms with Gasteiger partial charge in [0.1, 0.15) is 6.04 Å². The standard InChI is InChI=1S/C16H22ClN3O3/c17-13-7-5-11(6-8-13)10-1-3-12(4-2-10)15(21)19-9-14(18)16(22)20-23/h5-8,10,12,14,23H,1-4,9,18H2,(H,19,21)(H,20,22)/t10?,12?,14-/m0/s1. The molecule has 5 N–H and O–H groups in total. The zero-order valence-electron chi connectivity index (χ0n) is 12.8. The summed E-state index contributed by atoms with van der Waals surface area (Å²) in [6.45, 7) is 0.0162. The molecule has 1 saturated carbocycles. The summed E-state index contributed by atoms with van der Waals surface area (Å²) in [5.41, 5.74) is 8.25. The lowest BCUT2D eigenvalue weighted by Gasteiger charge is -2.28. The second kappa shape index (κ2) is 8.29. The Labute approximate surface area is 140 Å². The van der Waals surface area contributed by atoms with Gasteiger partial charge in [0.25, 0.3) is 5.91 Å². The Balaban J connectivity index is 1.78. The van der Waals surface area contributed by atoms with Crippen molar-refractivity contribution in [3.8, 4) is 0 Å². The smallest absolute Gasteiger partial charge is 0.262 e. The molecule has 1 aliphatic rings. The average molecular weight is 340 g/mol. The SMILES string of the molecule is N[C@@H](CNC(=O)C1CCC(c2ccc(Cl)cc2)CC1)C(=O)NO. The minimum atomic E-state index is -0.950. The fourth-order valence-electron chi connectivity index (χ4n) is 2.95. The number of halogens is 1. The molecule has 0 bridgehead atoms. The van der Waals surface area contributed by atoms with Crippen LogP contribution >= 0.6 is 11.6 Å². The molecule has 0 aliphatic heterocycles. The summed E-state index contributed by atoms with van der Waals surface area (Å²) in [6, 6.07) is 6.92. The van der Waals surface area contributed by atoms with Crippen LogP contribution in [0.25, 0.3) is 0 Å². The molecule has 23 heavy (non-hydrogen) atoms. The van der Waals surface area contributed by atoms with Gasteiger partial charge in [-0.1, -0.05) is 23.7 Å². The summed E-state index contributed by atoms with van der Waals surface area (Å²) in [5.74, 6) is -0.390. The van der Waals surface area contributed by atoms with E-state index in [2.05, 4.69) is 5.32 Å². The van der Waals surface area contributed by atoms with Crippen molar-refractivity contribution in [2.24, 2.45) is 11.7 Å². The van der Waals surface area contributed by atoms with Gasteiger partial charge in [-0.25, -0.2) is 5.48 Å². The van der Waals surface area contributed by atoms with Gasteiger partial charge in [0, 0.05) is 17.5 Å². The van der Waals surface area contributed by atoms with Gasteiger partial charge < -0.3 is 11.1 Å². The van der Waals surface area contributed by atoms with E-state index in [1.165, 1.54) is 11.0 Å². The summed E-state index contributed by atoms with van der Waals surface area (Å²) < 4.78 is 0. The van der Waals surface area contributed by atoms with Crippen LogP contribution in [-0.2, 0) is 9.59 Å². The van der Waals surface area contributed by atoms with Crippen molar-refractivity contribution < 1.29 is 14.8 Å². The predicted molar refractivity (Wildman–Crippen MR) is 87.1 cm³/mol. The van der Waals surface area contributed by atoms with E-state index in [0.29, 0.717) is 5.92 Å². The van der Waals surface area contributed by atoms with Crippen LogP contribution in [0.5, 0.6) is 0 Å². The number of carbonyl (C=O) groups excluding carboxylic acids is 2. The van der Waals surface area contributed by atoms with E-state index >= 15 is 0 Å². The van der Waals surface area contributed by atoms with Crippen LogP contribution in [0.15, 0.2) is 24.3 Å². The number of hydroxylamine groups is 1. The largest absolute Gasteiger partial charge is 0.354 e. The van der Waals surface area contributed by atoms with Gasteiger partial charge in [-0.2, -0.15) is 0 Å². The molecule has 7 heteroatoms. The molecular weight excluding hydrogens is 318 g/mol. The van der Waals surface area contributed by atoms with Gasteiger partial charge in [0.15, 0.2) is 0 Å². The Kier molecular flexibility index (Phi) is 6.38. The van der Waals surface area contributed by atoms with Gasteiger partial charge in [0.2, 0.25) is 5.91 Å². The molecular formula is C16H22ClN3O3. The van der Waals surface area contributed by atoms with Crippen molar-refractivity contribution in [3.05, 3.63) is 34.9 Å². The Morgan fingerprint density at radius 3 is 2.39 bits per heavy atom. The molecule has 0 unspecified atom stereocenters. The molecule has 126 valence electrons. The Morgan fingerprint density at radius 2 is 1.83 bits per heavy atom. The molecule has 0 radical (unpaired) electrons. The molecule has 1 fully saturated rings. The number of rotatable bonds is 5. The number of amides is 2. The Hall–Kier alpha value is -1.63. The fourth-order valence-corrected chi connectivity index (χ4v) is 3.08. The molecule has 1 aromatic rings. The summed E-state index contributed by atoms with van der Waals surface area (Å²) in [6.07, 6.45) is 3.51. The second-order valence-corrected chi connectivity index (χ2v) is 6.36. The molecule has 0 spiro atoms. The molecule has 1 atom stereocenters. The van der Waals surface area contributed by atoms with Crippen LogP contribution in [0.2, 0.25) is 5.02 Å². The minimum Gasteiger partial charge on any atom is -0.354 e. The number of nitrogens with one attached hydrogen (secondary N) is 2. The first-order valence-electron chi connectivity index (χ1n) is 7.74. The number of benzene rings is 1. The highest BCUT2D eigenvalue weighted by Crippen LogP contribution is 2.36. The molecule has 1 aliphatic carbocycles. The molecule has 2 amide bonds. The van der Waals surface area contributed by atoms with Crippen molar-refractivity contribution >= 4 is 23.4 Å². The zero-order chi connectivity index (χ0) is 16.8. The Bertz CT molecular complexity index is 542. The molecule has 2 rings (SSSR count). The topological polar surface area (TPSA) is 104 Å². The van der Waals surface area contributed by atoms with Gasteiger partial charge in [-0.15, -0.1) is 0 Å². The number of hydrogen-bond donors (Lipinski definition) is 4. The zero-order valence-corrected chi connectivity index (χ0v) is 13.6. The third-order valence-corrected chi connectivity index (χ3v) is 4.63. The van der Waals surface area contributed by atoms with E-state index in [9.17, 15) is 9.59 Å². The van der Waals surface area contributed by atoms with E-state index in [-0.39, 0.29) is 18.4 Å². The van der Waals surface area contributed by atoms with Crippen molar-refractivity contribution in [1.82, 2.24) is 10.8 Å². The summed E-state index contributed by atoms with van der Waals surface area (Å²) >= 11 is 5.90. The van der Waals surface area contributed by atoms with Crippen molar-refractivity contribution in [3.63, 3.8) is 0 Å². The van der Waals surface area contributed by atoms with Crippen LogP contribution in [-0.4, -0.2) is 29.6 Å². The normalized spacial score (nSPS) is 22.2.